The molecule has 0 aliphatic heterocycles. The lowest BCUT2D eigenvalue weighted by molar-refractivity contribution is -0.125. The van der Waals surface area contributed by atoms with Gasteiger partial charge < -0.3 is 11.1 Å². The summed E-state index contributed by atoms with van der Waals surface area (Å²) in [6.07, 6.45) is 5.26. The van der Waals surface area contributed by atoms with Gasteiger partial charge in [-0.3, -0.25) is 14.9 Å². The summed E-state index contributed by atoms with van der Waals surface area (Å²) in [4.78, 5) is 24.6. The molecule has 1 aromatic carbocycles. The smallest absolute Gasteiger partial charge is 0.239 e. The molecule has 1 unspecified atom stereocenters. The third-order valence-electron chi connectivity index (χ3n) is 5.77. The van der Waals surface area contributed by atoms with Crippen LogP contribution >= 0.6 is 0 Å². The number of benzene rings is 1. The van der Waals surface area contributed by atoms with E-state index in [4.69, 9.17) is 10.8 Å². The maximum absolute atomic E-state index is 12.7. The van der Waals surface area contributed by atoms with Gasteiger partial charge in [0.1, 0.15) is 5.82 Å². The number of nitrogens with zero attached hydrogens (tertiary/aromatic N) is 2. The first kappa shape index (κ1) is 22.0. The van der Waals surface area contributed by atoms with E-state index < -0.39 is 11.4 Å². The second-order valence-corrected chi connectivity index (χ2v) is 8.88. The highest BCUT2D eigenvalue weighted by Crippen LogP contribution is 2.35. The molecular formula is C23H33N5O2. The normalized spacial score (nSPS) is 16.5. The van der Waals surface area contributed by atoms with Gasteiger partial charge in [-0.25, -0.2) is 4.68 Å². The molecule has 3 rings (SSSR count). The van der Waals surface area contributed by atoms with E-state index in [-0.39, 0.29) is 18.4 Å². The van der Waals surface area contributed by atoms with Crippen LogP contribution in [0.4, 0.5) is 5.82 Å². The van der Waals surface area contributed by atoms with Gasteiger partial charge in [-0.05, 0) is 44.2 Å². The lowest BCUT2D eigenvalue weighted by atomic mass is 9.90. The molecule has 1 atom stereocenters. The Hall–Kier alpha value is -2.67. The van der Waals surface area contributed by atoms with Crippen molar-refractivity contribution < 1.29 is 9.59 Å². The summed E-state index contributed by atoms with van der Waals surface area (Å²) in [5.41, 5.74) is 6.56. The van der Waals surface area contributed by atoms with E-state index in [1.165, 1.54) is 12.8 Å². The van der Waals surface area contributed by atoms with Gasteiger partial charge in [0.05, 0.1) is 23.5 Å². The minimum Gasteiger partial charge on any atom is -0.368 e. The fourth-order valence-electron chi connectivity index (χ4n) is 4.21. The highest BCUT2D eigenvalue weighted by atomic mass is 16.2. The molecule has 1 aliphatic rings. The molecule has 0 saturated heterocycles. The second-order valence-electron chi connectivity index (χ2n) is 8.88. The average molecular weight is 412 g/mol. The van der Waals surface area contributed by atoms with Crippen LogP contribution in [0.15, 0.2) is 36.4 Å². The van der Waals surface area contributed by atoms with Gasteiger partial charge in [0, 0.05) is 12.0 Å². The lowest BCUT2D eigenvalue weighted by Crippen LogP contribution is -2.55. The number of anilines is 1. The standard InChI is InChI=1S/C23H33N5O2/c1-16(2)14-23(3,22(24)30)25-15-21(29)26-20-13-19(17-9-7-8-10-17)27-28(20)18-11-5-4-6-12-18/h4-6,11-13,16-17,25H,7-10,14-15H2,1-3H3,(H2,24,30)(H,26,29). The number of para-hydroxylation sites is 1. The van der Waals surface area contributed by atoms with Gasteiger partial charge in [0.25, 0.3) is 0 Å². The lowest BCUT2D eigenvalue weighted by Gasteiger charge is -2.29. The molecule has 0 radical (unpaired) electrons. The summed E-state index contributed by atoms with van der Waals surface area (Å²) in [7, 11) is 0. The second kappa shape index (κ2) is 9.43. The molecule has 4 N–H and O–H groups in total. The number of nitrogens with one attached hydrogen (secondary N) is 2. The van der Waals surface area contributed by atoms with Gasteiger partial charge >= 0.3 is 0 Å². The third-order valence-corrected chi connectivity index (χ3v) is 5.77. The SMILES string of the molecule is CC(C)CC(C)(NCC(=O)Nc1cc(C2CCCC2)nn1-c1ccccc1)C(N)=O. The predicted molar refractivity (Wildman–Crippen MR) is 118 cm³/mol. The van der Waals surface area contributed by atoms with Gasteiger partial charge in [-0.2, -0.15) is 5.10 Å². The molecule has 0 bridgehead atoms. The number of hydrogen-bond donors (Lipinski definition) is 3. The largest absolute Gasteiger partial charge is 0.368 e. The van der Waals surface area contributed by atoms with Crippen LogP contribution in [0.2, 0.25) is 0 Å². The summed E-state index contributed by atoms with van der Waals surface area (Å²) in [5, 5.41) is 10.8. The van der Waals surface area contributed by atoms with Crippen molar-refractivity contribution in [2.24, 2.45) is 11.7 Å². The van der Waals surface area contributed by atoms with Crippen LogP contribution in [0.3, 0.4) is 0 Å². The van der Waals surface area contributed by atoms with E-state index in [2.05, 4.69) is 10.6 Å². The van der Waals surface area contributed by atoms with Gasteiger partial charge in [-0.15, -0.1) is 0 Å². The van der Waals surface area contributed by atoms with Crippen LogP contribution in [-0.2, 0) is 9.59 Å². The van der Waals surface area contributed by atoms with E-state index >= 15 is 0 Å². The summed E-state index contributed by atoms with van der Waals surface area (Å²) in [6, 6.07) is 11.8. The Morgan fingerprint density at radius 3 is 2.50 bits per heavy atom. The highest BCUT2D eigenvalue weighted by molar-refractivity contribution is 5.93. The fourth-order valence-corrected chi connectivity index (χ4v) is 4.21. The maximum Gasteiger partial charge on any atom is 0.239 e. The highest BCUT2D eigenvalue weighted by Gasteiger charge is 2.32. The van der Waals surface area contributed by atoms with Crippen molar-refractivity contribution in [2.45, 2.75) is 64.3 Å². The number of carbonyl (C=O) groups excluding carboxylic acids is 2. The van der Waals surface area contributed by atoms with Crippen LogP contribution in [0.5, 0.6) is 0 Å². The van der Waals surface area contributed by atoms with E-state index in [1.54, 1.807) is 11.6 Å². The number of hydrogen-bond acceptors (Lipinski definition) is 4. The molecule has 2 aromatic rings. The first-order valence-corrected chi connectivity index (χ1v) is 10.8. The van der Waals surface area contributed by atoms with E-state index in [0.717, 1.165) is 24.2 Å². The summed E-state index contributed by atoms with van der Waals surface area (Å²) < 4.78 is 1.78. The first-order chi connectivity index (χ1) is 14.3. The van der Waals surface area contributed by atoms with Crippen molar-refractivity contribution in [3.05, 3.63) is 42.1 Å². The van der Waals surface area contributed by atoms with E-state index in [0.29, 0.717) is 18.2 Å². The molecule has 1 saturated carbocycles. The Kier molecular flexibility index (Phi) is 6.92. The molecule has 1 fully saturated rings. The van der Waals surface area contributed by atoms with Crippen molar-refractivity contribution in [1.82, 2.24) is 15.1 Å². The number of primary amides is 1. The molecule has 1 heterocycles. The van der Waals surface area contributed by atoms with Crippen molar-refractivity contribution in [3.8, 4) is 5.69 Å². The minimum absolute atomic E-state index is 0.00904. The van der Waals surface area contributed by atoms with Crippen molar-refractivity contribution in [3.63, 3.8) is 0 Å². The number of nitrogens with two attached hydrogens (primary N) is 1. The number of carbonyl (C=O) groups is 2. The van der Waals surface area contributed by atoms with Crippen LogP contribution in [0.1, 0.15) is 64.5 Å². The summed E-state index contributed by atoms with van der Waals surface area (Å²) in [6.45, 7) is 5.78. The van der Waals surface area contributed by atoms with Crippen LogP contribution < -0.4 is 16.4 Å². The minimum atomic E-state index is -0.930. The Morgan fingerprint density at radius 2 is 1.90 bits per heavy atom. The molecule has 1 aromatic heterocycles. The fraction of sp³-hybridized carbons (Fsp3) is 0.522. The van der Waals surface area contributed by atoms with Crippen molar-refractivity contribution >= 4 is 17.6 Å². The topological polar surface area (TPSA) is 102 Å². The van der Waals surface area contributed by atoms with E-state index in [9.17, 15) is 9.59 Å². The molecule has 0 spiro atoms. The molecule has 7 heteroatoms. The number of rotatable bonds is 9. The zero-order valence-electron chi connectivity index (χ0n) is 18.1. The van der Waals surface area contributed by atoms with Crippen LogP contribution in [0, 0.1) is 5.92 Å². The van der Waals surface area contributed by atoms with Gasteiger partial charge in [-0.1, -0.05) is 44.9 Å². The first-order valence-electron chi connectivity index (χ1n) is 10.8. The molecule has 2 amide bonds. The Labute approximate surface area is 178 Å². The molecule has 1 aliphatic carbocycles. The van der Waals surface area contributed by atoms with Crippen LogP contribution in [0.25, 0.3) is 5.69 Å². The van der Waals surface area contributed by atoms with Crippen molar-refractivity contribution in [1.29, 1.82) is 0 Å². The molecular weight excluding hydrogens is 378 g/mol. The third kappa shape index (κ3) is 5.27. The average Bonchev–Trinajstić information content (AvgIpc) is 3.36. The van der Waals surface area contributed by atoms with Crippen LogP contribution in [-0.4, -0.2) is 33.7 Å². The Morgan fingerprint density at radius 1 is 1.23 bits per heavy atom. The van der Waals surface area contributed by atoms with E-state index in [1.807, 2.05) is 50.2 Å². The molecule has 7 nitrogen and oxygen atoms in total. The zero-order chi connectivity index (χ0) is 21.7. The Balaban J connectivity index is 1.76. The summed E-state index contributed by atoms with van der Waals surface area (Å²) in [5.74, 6) is 0.655. The van der Waals surface area contributed by atoms with Crippen molar-refractivity contribution in [2.75, 3.05) is 11.9 Å². The Bertz CT molecular complexity index is 871. The van der Waals surface area contributed by atoms with Gasteiger partial charge in [0.2, 0.25) is 11.8 Å². The molecule has 162 valence electrons. The number of aromatic nitrogens is 2. The van der Waals surface area contributed by atoms with Gasteiger partial charge in [0.15, 0.2) is 0 Å². The molecule has 30 heavy (non-hydrogen) atoms. The summed E-state index contributed by atoms with van der Waals surface area (Å²) >= 11 is 0. The predicted octanol–water partition coefficient (Wildman–Crippen LogP) is 3.35. The quantitative estimate of drug-likeness (QED) is 0.589. The zero-order valence-corrected chi connectivity index (χ0v) is 18.1. The monoisotopic (exact) mass is 411 g/mol. The number of amides is 2. The maximum atomic E-state index is 12.7.